The summed E-state index contributed by atoms with van der Waals surface area (Å²) in [6.45, 7) is 11.9. The van der Waals surface area contributed by atoms with E-state index in [2.05, 4.69) is 18.5 Å². The van der Waals surface area contributed by atoms with Gasteiger partial charge in [-0.15, -0.1) is 0 Å². The van der Waals surface area contributed by atoms with E-state index < -0.39 is 0 Å². The van der Waals surface area contributed by atoms with Crippen molar-refractivity contribution in [2.24, 2.45) is 0 Å². The lowest BCUT2D eigenvalue weighted by Crippen LogP contribution is -2.09. The number of nitrogens with one attached hydrogen (secondary N) is 1. The van der Waals surface area contributed by atoms with Gasteiger partial charge >= 0.3 is 0 Å². The minimum Gasteiger partial charge on any atom is -0.316 e. The molecule has 0 aromatic rings. The predicted octanol–water partition coefficient (Wildman–Crippen LogP) is 3.10. The SMILES string of the molecule is C=C/C(Cl)=C(\C=C)CNC.CC. The third-order valence-corrected chi connectivity index (χ3v) is 1.50. The van der Waals surface area contributed by atoms with Gasteiger partial charge in [0.2, 0.25) is 0 Å². The summed E-state index contributed by atoms with van der Waals surface area (Å²) in [5, 5.41) is 3.63. The van der Waals surface area contributed by atoms with Crippen molar-refractivity contribution in [2.75, 3.05) is 13.6 Å². The molecule has 0 aromatic carbocycles. The first-order chi connectivity index (χ1) is 5.76. The molecule has 0 saturated carbocycles. The van der Waals surface area contributed by atoms with E-state index in [0.29, 0.717) is 5.03 Å². The second-order valence-electron chi connectivity index (χ2n) is 1.81. The average molecular weight is 188 g/mol. The van der Waals surface area contributed by atoms with E-state index in [9.17, 15) is 0 Å². The fraction of sp³-hybridized carbons (Fsp3) is 0.400. The van der Waals surface area contributed by atoms with E-state index in [0.717, 1.165) is 12.1 Å². The van der Waals surface area contributed by atoms with Crippen LogP contribution in [0.5, 0.6) is 0 Å². The van der Waals surface area contributed by atoms with Gasteiger partial charge in [0.25, 0.3) is 0 Å². The molecule has 70 valence electrons. The molecule has 0 heterocycles. The van der Waals surface area contributed by atoms with Gasteiger partial charge in [0, 0.05) is 11.6 Å². The summed E-state index contributed by atoms with van der Waals surface area (Å²) in [7, 11) is 1.86. The summed E-state index contributed by atoms with van der Waals surface area (Å²) in [4.78, 5) is 0. The highest BCUT2D eigenvalue weighted by atomic mass is 35.5. The molecule has 0 saturated heterocycles. The molecule has 0 unspecified atom stereocenters. The summed E-state index contributed by atoms with van der Waals surface area (Å²) >= 11 is 5.76. The second kappa shape index (κ2) is 10.5. The molecular formula is C10H18ClN. The van der Waals surface area contributed by atoms with Crippen molar-refractivity contribution in [1.29, 1.82) is 0 Å². The first kappa shape index (κ1) is 14.0. The van der Waals surface area contributed by atoms with E-state index in [-0.39, 0.29) is 0 Å². The van der Waals surface area contributed by atoms with Crippen LogP contribution in [0, 0.1) is 0 Å². The lowest BCUT2D eigenvalue weighted by molar-refractivity contribution is 0.894. The Morgan fingerprint density at radius 3 is 2.08 bits per heavy atom. The minimum absolute atomic E-state index is 0.657. The van der Waals surface area contributed by atoms with Gasteiger partial charge < -0.3 is 5.32 Å². The maximum Gasteiger partial charge on any atom is 0.0444 e. The molecule has 0 radical (unpaired) electrons. The third kappa shape index (κ3) is 6.20. The number of hydrogen-bond donors (Lipinski definition) is 1. The standard InChI is InChI=1S/C8H12ClN.C2H6/c1-4-7(6-10-3)8(9)5-2;1-2/h4-5,10H,1-2,6H2,3H3;1-2H3/b8-7-;. The molecule has 0 aliphatic carbocycles. The first-order valence-corrected chi connectivity index (χ1v) is 4.42. The van der Waals surface area contributed by atoms with Crippen molar-refractivity contribution in [1.82, 2.24) is 5.32 Å². The predicted molar refractivity (Wildman–Crippen MR) is 58.5 cm³/mol. The van der Waals surface area contributed by atoms with Crippen LogP contribution in [0.2, 0.25) is 0 Å². The Morgan fingerprint density at radius 1 is 1.33 bits per heavy atom. The zero-order valence-corrected chi connectivity index (χ0v) is 8.91. The lowest BCUT2D eigenvalue weighted by Gasteiger charge is -2.00. The molecule has 0 amide bonds. The van der Waals surface area contributed by atoms with Crippen LogP contribution in [0.3, 0.4) is 0 Å². The largest absolute Gasteiger partial charge is 0.316 e. The van der Waals surface area contributed by atoms with Gasteiger partial charge in [0.05, 0.1) is 0 Å². The maximum absolute atomic E-state index is 5.76. The smallest absolute Gasteiger partial charge is 0.0444 e. The Labute approximate surface area is 80.8 Å². The Kier molecular flexibility index (Phi) is 12.2. The lowest BCUT2D eigenvalue weighted by atomic mass is 10.2. The molecule has 1 nitrogen and oxygen atoms in total. The van der Waals surface area contributed by atoms with Crippen molar-refractivity contribution in [3.05, 3.63) is 35.9 Å². The molecule has 0 spiro atoms. The summed E-state index contributed by atoms with van der Waals surface area (Å²) in [5.41, 5.74) is 0.971. The topological polar surface area (TPSA) is 12.0 Å². The molecule has 2 heteroatoms. The highest BCUT2D eigenvalue weighted by molar-refractivity contribution is 6.31. The normalized spacial score (nSPS) is 10.7. The van der Waals surface area contributed by atoms with E-state index in [1.807, 2.05) is 20.9 Å². The van der Waals surface area contributed by atoms with Gasteiger partial charge in [-0.1, -0.05) is 50.8 Å². The van der Waals surface area contributed by atoms with Crippen LogP contribution in [0.25, 0.3) is 0 Å². The van der Waals surface area contributed by atoms with Crippen LogP contribution in [0.15, 0.2) is 35.9 Å². The van der Waals surface area contributed by atoms with Crippen LogP contribution in [0.4, 0.5) is 0 Å². The van der Waals surface area contributed by atoms with Gasteiger partial charge in [0.1, 0.15) is 0 Å². The number of likely N-dealkylation sites (N-methyl/N-ethyl adjacent to an activating group) is 1. The second-order valence-corrected chi connectivity index (χ2v) is 2.22. The van der Waals surface area contributed by atoms with Crippen molar-refractivity contribution in [2.45, 2.75) is 13.8 Å². The zero-order chi connectivity index (χ0) is 9.98. The van der Waals surface area contributed by atoms with E-state index >= 15 is 0 Å². The molecule has 0 fully saturated rings. The molecule has 1 N–H and O–H groups in total. The van der Waals surface area contributed by atoms with Crippen LogP contribution >= 0.6 is 11.6 Å². The van der Waals surface area contributed by atoms with Gasteiger partial charge in [-0.3, -0.25) is 0 Å². The van der Waals surface area contributed by atoms with Crippen LogP contribution in [-0.4, -0.2) is 13.6 Å². The monoisotopic (exact) mass is 187 g/mol. The molecule has 0 bridgehead atoms. The Bertz CT molecular complexity index is 159. The van der Waals surface area contributed by atoms with Gasteiger partial charge in [-0.25, -0.2) is 0 Å². The minimum atomic E-state index is 0.657. The highest BCUT2D eigenvalue weighted by Gasteiger charge is 1.93. The number of allylic oxidation sites excluding steroid dienone is 2. The summed E-state index contributed by atoms with van der Waals surface area (Å²) in [5.74, 6) is 0. The quantitative estimate of drug-likeness (QED) is 0.667. The molecule has 0 atom stereocenters. The van der Waals surface area contributed by atoms with Crippen LogP contribution < -0.4 is 5.32 Å². The summed E-state index contributed by atoms with van der Waals surface area (Å²) < 4.78 is 0. The molecule has 0 aromatic heterocycles. The number of hydrogen-bond acceptors (Lipinski definition) is 1. The summed E-state index contributed by atoms with van der Waals surface area (Å²) in [6.07, 6.45) is 3.33. The molecule has 12 heavy (non-hydrogen) atoms. The van der Waals surface area contributed by atoms with Gasteiger partial charge in [-0.05, 0) is 12.6 Å². The molecular weight excluding hydrogens is 170 g/mol. The van der Waals surface area contributed by atoms with Crippen molar-refractivity contribution < 1.29 is 0 Å². The first-order valence-electron chi connectivity index (χ1n) is 4.04. The highest BCUT2D eigenvalue weighted by Crippen LogP contribution is 2.09. The Morgan fingerprint density at radius 2 is 1.83 bits per heavy atom. The van der Waals surface area contributed by atoms with Crippen molar-refractivity contribution >= 4 is 11.6 Å². The van der Waals surface area contributed by atoms with E-state index in [1.54, 1.807) is 12.2 Å². The maximum atomic E-state index is 5.76. The molecule has 0 rings (SSSR count). The summed E-state index contributed by atoms with van der Waals surface area (Å²) in [6, 6.07) is 0. The fourth-order valence-corrected chi connectivity index (χ4v) is 0.720. The molecule has 0 aliphatic heterocycles. The van der Waals surface area contributed by atoms with Gasteiger partial charge in [-0.2, -0.15) is 0 Å². The Hall–Kier alpha value is -0.530. The van der Waals surface area contributed by atoms with Gasteiger partial charge in [0.15, 0.2) is 0 Å². The van der Waals surface area contributed by atoms with Crippen LogP contribution in [0.1, 0.15) is 13.8 Å². The number of halogens is 1. The zero-order valence-electron chi connectivity index (χ0n) is 8.15. The third-order valence-electron chi connectivity index (χ3n) is 1.10. The van der Waals surface area contributed by atoms with E-state index in [1.165, 1.54) is 0 Å². The average Bonchev–Trinajstić information content (AvgIpc) is 2.16. The molecule has 0 aliphatic rings. The Balaban J connectivity index is 0. The van der Waals surface area contributed by atoms with Crippen molar-refractivity contribution in [3.63, 3.8) is 0 Å². The fourth-order valence-electron chi connectivity index (χ4n) is 0.576. The number of rotatable bonds is 4. The van der Waals surface area contributed by atoms with Crippen molar-refractivity contribution in [3.8, 4) is 0 Å². The van der Waals surface area contributed by atoms with E-state index in [4.69, 9.17) is 11.6 Å². The van der Waals surface area contributed by atoms with Crippen LogP contribution in [-0.2, 0) is 0 Å².